The summed E-state index contributed by atoms with van der Waals surface area (Å²) in [5.41, 5.74) is 3.16. The molecular formula is C14H17F. The molecule has 0 radical (unpaired) electrons. The molecule has 0 spiro atoms. The van der Waals surface area contributed by atoms with Crippen LogP contribution in [0.2, 0.25) is 0 Å². The quantitative estimate of drug-likeness (QED) is 0.673. The van der Waals surface area contributed by atoms with Gasteiger partial charge in [-0.05, 0) is 47.9 Å². The van der Waals surface area contributed by atoms with Crippen LogP contribution in [0.1, 0.15) is 49.3 Å². The van der Waals surface area contributed by atoms with E-state index in [4.69, 9.17) is 0 Å². The van der Waals surface area contributed by atoms with E-state index in [1.165, 1.54) is 5.56 Å². The van der Waals surface area contributed by atoms with E-state index < -0.39 is 0 Å². The lowest BCUT2D eigenvalue weighted by Crippen LogP contribution is -1.93. The minimum absolute atomic E-state index is 0.0201. The highest BCUT2D eigenvalue weighted by Gasteiger charge is 2.22. The van der Waals surface area contributed by atoms with Crippen molar-refractivity contribution >= 4 is 6.08 Å². The Kier molecular flexibility index (Phi) is 2.90. The Morgan fingerprint density at radius 1 is 1.47 bits per heavy atom. The van der Waals surface area contributed by atoms with Crippen LogP contribution in [-0.2, 0) is 6.42 Å². The summed E-state index contributed by atoms with van der Waals surface area (Å²) in [6.45, 7) is 4.19. The summed E-state index contributed by atoms with van der Waals surface area (Å²) < 4.78 is 13.8. The summed E-state index contributed by atoms with van der Waals surface area (Å²) in [5, 5.41) is 0. The number of aryl methyl sites for hydroxylation is 1. The SMILES string of the molecule is CC/C=C/c1cc(F)c2c(c1)CC[C@@H]2C. The third-order valence-electron chi connectivity index (χ3n) is 3.12. The van der Waals surface area contributed by atoms with Crippen molar-refractivity contribution in [2.24, 2.45) is 0 Å². The summed E-state index contributed by atoms with van der Waals surface area (Å²) in [6, 6.07) is 3.79. The van der Waals surface area contributed by atoms with Gasteiger partial charge in [0.15, 0.2) is 0 Å². The third kappa shape index (κ3) is 1.97. The number of allylic oxidation sites excluding steroid dienone is 1. The number of hydrogen-bond donors (Lipinski definition) is 0. The van der Waals surface area contributed by atoms with Gasteiger partial charge in [-0.25, -0.2) is 4.39 Å². The van der Waals surface area contributed by atoms with Crippen LogP contribution in [0, 0.1) is 5.82 Å². The van der Waals surface area contributed by atoms with Gasteiger partial charge in [0.1, 0.15) is 5.82 Å². The van der Waals surface area contributed by atoms with E-state index in [0.29, 0.717) is 5.92 Å². The fourth-order valence-electron chi connectivity index (χ4n) is 2.32. The molecule has 1 aliphatic carbocycles. The van der Waals surface area contributed by atoms with Crippen molar-refractivity contribution in [2.45, 2.75) is 39.0 Å². The van der Waals surface area contributed by atoms with Gasteiger partial charge >= 0.3 is 0 Å². The molecule has 0 saturated heterocycles. The molecule has 1 aromatic rings. The van der Waals surface area contributed by atoms with Crippen molar-refractivity contribution in [3.05, 3.63) is 40.7 Å². The lowest BCUT2D eigenvalue weighted by Gasteiger charge is -2.07. The van der Waals surface area contributed by atoms with Crippen LogP contribution in [0.5, 0.6) is 0 Å². The Morgan fingerprint density at radius 2 is 2.27 bits per heavy atom. The van der Waals surface area contributed by atoms with E-state index in [1.807, 2.05) is 6.08 Å². The zero-order chi connectivity index (χ0) is 10.8. The molecule has 0 amide bonds. The van der Waals surface area contributed by atoms with Gasteiger partial charge in [0, 0.05) is 0 Å². The molecule has 0 heterocycles. The molecule has 1 heteroatoms. The lowest BCUT2D eigenvalue weighted by atomic mass is 10.0. The Hall–Kier alpha value is -1.11. The highest BCUT2D eigenvalue weighted by atomic mass is 19.1. The molecule has 15 heavy (non-hydrogen) atoms. The Labute approximate surface area is 90.8 Å². The standard InChI is InChI=1S/C14H17F/c1-3-4-5-11-8-12-7-6-10(2)14(12)13(15)9-11/h4-5,8-10H,3,6-7H2,1-2H3/b5-4+/t10-/m0/s1. The average molecular weight is 204 g/mol. The molecule has 0 fully saturated rings. The zero-order valence-electron chi connectivity index (χ0n) is 9.39. The summed E-state index contributed by atoms with van der Waals surface area (Å²) in [6.07, 6.45) is 7.19. The van der Waals surface area contributed by atoms with Gasteiger partial charge in [0.25, 0.3) is 0 Å². The van der Waals surface area contributed by atoms with E-state index in [0.717, 1.165) is 30.4 Å². The van der Waals surface area contributed by atoms with Crippen molar-refractivity contribution in [2.75, 3.05) is 0 Å². The predicted molar refractivity (Wildman–Crippen MR) is 62.5 cm³/mol. The van der Waals surface area contributed by atoms with E-state index in [2.05, 4.69) is 26.0 Å². The highest BCUT2D eigenvalue weighted by molar-refractivity contribution is 5.53. The lowest BCUT2D eigenvalue weighted by molar-refractivity contribution is 0.595. The van der Waals surface area contributed by atoms with Gasteiger partial charge in [-0.1, -0.05) is 32.1 Å². The van der Waals surface area contributed by atoms with Gasteiger partial charge in [0.05, 0.1) is 0 Å². The maximum absolute atomic E-state index is 13.8. The maximum Gasteiger partial charge on any atom is 0.127 e. The van der Waals surface area contributed by atoms with E-state index in [1.54, 1.807) is 6.07 Å². The van der Waals surface area contributed by atoms with Crippen molar-refractivity contribution < 1.29 is 4.39 Å². The number of hydrogen-bond acceptors (Lipinski definition) is 0. The van der Waals surface area contributed by atoms with Crippen molar-refractivity contribution in [1.29, 1.82) is 0 Å². The smallest absolute Gasteiger partial charge is 0.127 e. The van der Waals surface area contributed by atoms with E-state index in [-0.39, 0.29) is 5.82 Å². The molecule has 0 aliphatic heterocycles. The second kappa shape index (κ2) is 4.18. The molecule has 1 aromatic carbocycles. The van der Waals surface area contributed by atoms with Crippen LogP contribution in [0.3, 0.4) is 0 Å². The average Bonchev–Trinajstić information content (AvgIpc) is 2.58. The topological polar surface area (TPSA) is 0 Å². The van der Waals surface area contributed by atoms with Crippen molar-refractivity contribution in [3.8, 4) is 0 Å². The van der Waals surface area contributed by atoms with Gasteiger partial charge in [0.2, 0.25) is 0 Å². The molecule has 0 saturated carbocycles. The molecule has 0 N–H and O–H groups in total. The Balaban J connectivity index is 2.40. The first-order valence-electron chi connectivity index (χ1n) is 5.71. The van der Waals surface area contributed by atoms with Crippen LogP contribution in [0.25, 0.3) is 6.08 Å². The monoisotopic (exact) mass is 204 g/mol. The summed E-state index contributed by atoms with van der Waals surface area (Å²) in [5.74, 6) is 0.373. The first-order chi connectivity index (χ1) is 7.22. The van der Waals surface area contributed by atoms with Gasteiger partial charge in [-0.15, -0.1) is 0 Å². The molecule has 0 aromatic heterocycles. The normalized spacial score (nSPS) is 19.8. The molecular weight excluding hydrogens is 187 g/mol. The van der Waals surface area contributed by atoms with Crippen LogP contribution in [-0.4, -0.2) is 0 Å². The second-order valence-corrected chi connectivity index (χ2v) is 4.33. The van der Waals surface area contributed by atoms with Crippen molar-refractivity contribution in [3.63, 3.8) is 0 Å². The fourth-order valence-corrected chi connectivity index (χ4v) is 2.32. The minimum Gasteiger partial charge on any atom is -0.207 e. The van der Waals surface area contributed by atoms with E-state index in [9.17, 15) is 4.39 Å². The predicted octanol–water partition coefficient (Wildman–Crippen LogP) is 4.30. The second-order valence-electron chi connectivity index (χ2n) is 4.33. The summed E-state index contributed by atoms with van der Waals surface area (Å²) in [4.78, 5) is 0. The maximum atomic E-state index is 13.8. The van der Waals surface area contributed by atoms with Crippen LogP contribution >= 0.6 is 0 Å². The zero-order valence-corrected chi connectivity index (χ0v) is 9.39. The molecule has 0 bridgehead atoms. The van der Waals surface area contributed by atoms with Crippen molar-refractivity contribution in [1.82, 2.24) is 0 Å². The van der Waals surface area contributed by atoms with Gasteiger partial charge < -0.3 is 0 Å². The molecule has 2 rings (SSSR count). The third-order valence-corrected chi connectivity index (χ3v) is 3.12. The fraction of sp³-hybridized carbons (Fsp3) is 0.429. The number of rotatable bonds is 2. The molecule has 80 valence electrons. The summed E-state index contributed by atoms with van der Waals surface area (Å²) >= 11 is 0. The molecule has 0 nitrogen and oxygen atoms in total. The highest BCUT2D eigenvalue weighted by Crippen LogP contribution is 2.35. The number of halogens is 1. The van der Waals surface area contributed by atoms with Crippen LogP contribution < -0.4 is 0 Å². The van der Waals surface area contributed by atoms with Crippen LogP contribution in [0.4, 0.5) is 4.39 Å². The van der Waals surface area contributed by atoms with Crippen LogP contribution in [0.15, 0.2) is 18.2 Å². The first-order valence-corrected chi connectivity index (χ1v) is 5.71. The Bertz CT molecular complexity index is 391. The first kappa shape index (κ1) is 10.4. The number of benzene rings is 1. The minimum atomic E-state index is -0.0201. The molecule has 0 unspecified atom stereocenters. The molecule has 1 aliphatic rings. The summed E-state index contributed by atoms with van der Waals surface area (Å²) in [7, 11) is 0. The van der Waals surface area contributed by atoms with Gasteiger partial charge in [-0.2, -0.15) is 0 Å². The Morgan fingerprint density at radius 3 is 3.00 bits per heavy atom. The van der Waals surface area contributed by atoms with Gasteiger partial charge in [-0.3, -0.25) is 0 Å². The largest absolute Gasteiger partial charge is 0.207 e. The van der Waals surface area contributed by atoms with E-state index >= 15 is 0 Å². The number of fused-ring (bicyclic) bond motifs is 1. The molecule has 1 atom stereocenters.